The lowest BCUT2D eigenvalue weighted by Crippen LogP contribution is -2.12. The molecule has 136 valence electrons. The zero-order valence-corrected chi connectivity index (χ0v) is 16.7. The Kier molecular flexibility index (Phi) is 4.49. The van der Waals surface area contributed by atoms with Gasteiger partial charge in [-0.3, -0.25) is 4.72 Å². The van der Waals surface area contributed by atoms with Crippen LogP contribution in [0.25, 0.3) is 22.6 Å². The van der Waals surface area contributed by atoms with E-state index in [1.54, 1.807) is 30.3 Å². The fraction of sp³-hybridized carbons (Fsp3) is 0.0500. The molecule has 0 spiro atoms. The summed E-state index contributed by atoms with van der Waals surface area (Å²) in [4.78, 5) is 4.66. The Bertz CT molecular complexity index is 1230. The van der Waals surface area contributed by atoms with Crippen LogP contribution in [0.4, 0.5) is 5.69 Å². The first kappa shape index (κ1) is 17.8. The van der Waals surface area contributed by atoms with Gasteiger partial charge in [-0.1, -0.05) is 33.6 Å². The van der Waals surface area contributed by atoms with Gasteiger partial charge >= 0.3 is 0 Å². The molecule has 0 amide bonds. The van der Waals surface area contributed by atoms with Gasteiger partial charge in [-0.2, -0.15) is 0 Å². The van der Waals surface area contributed by atoms with Gasteiger partial charge in [0.05, 0.1) is 10.6 Å². The first-order chi connectivity index (χ1) is 12.9. The highest BCUT2D eigenvalue weighted by atomic mass is 79.9. The van der Waals surface area contributed by atoms with Gasteiger partial charge in [0.25, 0.3) is 10.0 Å². The third kappa shape index (κ3) is 3.74. The summed E-state index contributed by atoms with van der Waals surface area (Å²) in [6, 6.07) is 19.3. The van der Waals surface area contributed by atoms with Gasteiger partial charge in [0, 0.05) is 16.1 Å². The molecule has 1 aromatic heterocycles. The Hall–Kier alpha value is -2.64. The predicted octanol–water partition coefficient (Wildman–Crippen LogP) is 5.37. The molecule has 5 nitrogen and oxygen atoms in total. The van der Waals surface area contributed by atoms with Gasteiger partial charge in [0.1, 0.15) is 5.52 Å². The average molecular weight is 443 g/mol. The average Bonchev–Trinajstić information content (AvgIpc) is 3.05. The lowest BCUT2D eigenvalue weighted by atomic mass is 10.1. The number of hydrogen-bond acceptors (Lipinski definition) is 4. The first-order valence-electron chi connectivity index (χ1n) is 8.17. The predicted molar refractivity (Wildman–Crippen MR) is 109 cm³/mol. The Morgan fingerprint density at radius 2 is 1.78 bits per heavy atom. The van der Waals surface area contributed by atoms with E-state index in [0.717, 1.165) is 15.6 Å². The van der Waals surface area contributed by atoms with Gasteiger partial charge in [-0.25, -0.2) is 13.4 Å². The summed E-state index contributed by atoms with van der Waals surface area (Å²) in [5.74, 6) is 0.501. The van der Waals surface area contributed by atoms with Gasteiger partial charge in [-0.05, 0) is 55.5 Å². The van der Waals surface area contributed by atoms with Crippen molar-refractivity contribution in [3.63, 3.8) is 0 Å². The van der Waals surface area contributed by atoms with Crippen LogP contribution in [0.1, 0.15) is 5.56 Å². The normalized spacial score (nSPS) is 11.6. The second-order valence-electron chi connectivity index (χ2n) is 6.13. The van der Waals surface area contributed by atoms with Gasteiger partial charge in [-0.15, -0.1) is 0 Å². The number of oxazole rings is 1. The zero-order chi connectivity index (χ0) is 19.0. The number of aryl methyl sites for hydroxylation is 1. The highest BCUT2D eigenvalue weighted by Gasteiger charge is 2.15. The van der Waals surface area contributed by atoms with Gasteiger partial charge < -0.3 is 4.42 Å². The van der Waals surface area contributed by atoms with Crippen LogP contribution in [0.15, 0.2) is 80.5 Å². The molecule has 3 aromatic carbocycles. The summed E-state index contributed by atoms with van der Waals surface area (Å²) in [6.45, 7) is 2.00. The van der Waals surface area contributed by atoms with Crippen LogP contribution in [0.2, 0.25) is 0 Å². The van der Waals surface area contributed by atoms with E-state index in [-0.39, 0.29) is 4.90 Å². The molecule has 4 aromatic rings. The van der Waals surface area contributed by atoms with Crippen molar-refractivity contribution in [1.29, 1.82) is 0 Å². The van der Waals surface area contributed by atoms with Crippen LogP contribution in [0.5, 0.6) is 0 Å². The molecular formula is C20H15BrN2O3S. The maximum atomic E-state index is 12.5. The molecule has 7 heteroatoms. The summed E-state index contributed by atoms with van der Waals surface area (Å²) >= 11 is 3.30. The number of hydrogen-bond donors (Lipinski definition) is 1. The van der Waals surface area contributed by atoms with Gasteiger partial charge in [0.2, 0.25) is 5.89 Å². The van der Waals surface area contributed by atoms with Crippen molar-refractivity contribution < 1.29 is 12.8 Å². The van der Waals surface area contributed by atoms with E-state index in [4.69, 9.17) is 4.42 Å². The molecule has 0 aliphatic rings. The Morgan fingerprint density at radius 3 is 2.52 bits per heavy atom. The second-order valence-corrected chi connectivity index (χ2v) is 8.73. The summed E-state index contributed by atoms with van der Waals surface area (Å²) < 4.78 is 34.3. The van der Waals surface area contributed by atoms with E-state index < -0.39 is 10.0 Å². The van der Waals surface area contributed by atoms with E-state index >= 15 is 0 Å². The molecule has 0 atom stereocenters. The van der Waals surface area contributed by atoms with Crippen LogP contribution in [0.3, 0.4) is 0 Å². The summed E-state index contributed by atoms with van der Waals surface area (Å²) in [5.41, 5.74) is 3.58. The van der Waals surface area contributed by atoms with Crippen molar-refractivity contribution >= 4 is 42.7 Å². The molecule has 0 bridgehead atoms. The molecule has 0 saturated carbocycles. The molecule has 4 rings (SSSR count). The standard InChI is InChI=1S/C20H15BrN2O3S/c1-13-3-2-4-14(11-13)20-22-18-10-7-16(12-19(18)26-20)23-27(24,25)17-8-5-15(21)6-9-17/h2-12,23H,1H3. The van der Waals surface area contributed by atoms with Crippen molar-refractivity contribution in [2.45, 2.75) is 11.8 Å². The monoisotopic (exact) mass is 442 g/mol. The number of anilines is 1. The number of nitrogens with one attached hydrogen (secondary N) is 1. The number of sulfonamides is 1. The fourth-order valence-corrected chi connectivity index (χ4v) is 4.03. The number of halogens is 1. The topological polar surface area (TPSA) is 72.2 Å². The molecule has 0 unspecified atom stereocenters. The molecule has 1 heterocycles. The number of fused-ring (bicyclic) bond motifs is 1. The van der Waals surface area contributed by atoms with Crippen LogP contribution in [0, 0.1) is 6.92 Å². The molecule has 0 radical (unpaired) electrons. The zero-order valence-electron chi connectivity index (χ0n) is 14.3. The first-order valence-corrected chi connectivity index (χ1v) is 10.4. The SMILES string of the molecule is Cc1cccc(-c2nc3ccc(NS(=O)(=O)c4ccc(Br)cc4)cc3o2)c1. The molecule has 0 saturated heterocycles. The van der Waals surface area contributed by atoms with Crippen molar-refractivity contribution in [2.75, 3.05) is 4.72 Å². The van der Waals surface area contributed by atoms with Crippen LogP contribution < -0.4 is 4.72 Å². The van der Waals surface area contributed by atoms with Crippen molar-refractivity contribution in [1.82, 2.24) is 4.98 Å². The highest BCUT2D eigenvalue weighted by Crippen LogP contribution is 2.28. The molecular weight excluding hydrogens is 428 g/mol. The quantitative estimate of drug-likeness (QED) is 0.461. The number of rotatable bonds is 4. The Labute approximate surface area is 165 Å². The lowest BCUT2D eigenvalue weighted by Gasteiger charge is -2.07. The summed E-state index contributed by atoms with van der Waals surface area (Å²) in [5, 5.41) is 0. The fourth-order valence-electron chi connectivity index (χ4n) is 2.72. The van der Waals surface area contributed by atoms with E-state index in [0.29, 0.717) is 22.7 Å². The van der Waals surface area contributed by atoms with Crippen LogP contribution >= 0.6 is 15.9 Å². The second kappa shape index (κ2) is 6.83. The smallest absolute Gasteiger partial charge is 0.261 e. The third-order valence-electron chi connectivity index (χ3n) is 4.03. The van der Waals surface area contributed by atoms with Crippen molar-refractivity contribution in [3.8, 4) is 11.5 Å². The molecule has 1 N–H and O–H groups in total. The molecule has 27 heavy (non-hydrogen) atoms. The highest BCUT2D eigenvalue weighted by molar-refractivity contribution is 9.10. The van der Waals surface area contributed by atoms with Crippen LogP contribution in [-0.4, -0.2) is 13.4 Å². The maximum Gasteiger partial charge on any atom is 0.261 e. The maximum absolute atomic E-state index is 12.5. The molecule has 0 aliphatic heterocycles. The number of nitrogens with zero attached hydrogens (tertiary/aromatic N) is 1. The minimum atomic E-state index is -3.68. The van der Waals surface area contributed by atoms with E-state index in [1.165, 1.54) is 12.1 Å². The lowest BCUT2D eigenvalue weighted by molar-refractivity contribution is 0.601. The van der Waals surface area contributed by atoms with Crippen LogP contribution in [-0.2, 0) is 10.0 Å². The summed E-state index contributed by atoms with van der Waals surface area (Å²) in [6.07, 6.45) is 0. The minimum Gasteiger partial charge on any atom is -0.436 e. The van der Waals surface area contributed by atoms with Crippen molar-refractivity contribution in [2.24, 2.45) is 0 Å². The Balaban J connectivity index is 1.66. The molecule has 0 aliphatic carbocycles. The van der Waals surface area contributed by atoms with E-state index in [1.807, 2.05) is 31.2 Å². The minimum absolute atomic E-state index is 0.184. The largest absolute Gasteiger partial charge is 0.436 e. The third-order valence-corrected chi connectivity index (χ3v) is 5.96. The number of benzene rings is 3. The summed E-state index contributed by atoms with van der Waals surface area (Å²) in [7, 11) is -3.68. The van der Waals surface area contributed by atoms with Crippen molar-refractivity contribution in [3.05, 3.63) is 76.8 Å². The Morgan fingerprint density at radius 1 is 1.00 bits per heavy atom. The van der Waals surface area contributed by atoms with Gasteiger partial charge in [0.15, 0.2) is 5.58 Å². The molecule has 0 fully saturated rings. The van der Waals surface area contributed by atoms with E-state index in [2.05, 4.69) is 25.6 Å². The van der Waals surface area contributed by atoms with E-state index in [9.17, 15) is 8.42 Å². The number of aromatic nitrogens is 1.